The van der Waals surface area contributed by atoms with Crippen LogP contribution in [0, 0.1) is 10.1 Å². The lowest BCUT2D eigenvalue weighted by molar-refractivity contribution is -0.385. The maximum absolute atomic E-state index is 12.1. The first-order valence-electron chi connectivity index (χ1n) is 6.74. The summed E-state index contributed by atoms with van der Waals surface area (Å²) in [4.78, 5) is 34.0. The van der Waals surface area contributed by atoms with Gasteiger partial charge < -0.3 is 14.8 Å². The highest BCUT2D eigenvalue weighted by Gasteiger charge is 2.23. The Balaban J connectivity index is 3.01. The molecule has 1 aromatic carbocycles. The van der Waals surface area contributed by atoms with Crippen molar-refractivity contribution < 1.29 is 24.0 Å². The molecule has 0 aliphatic heterocycles. The van der Waals surface area contributed by atoms with Crippen LogP contribution in [0.4, 0.5) is 5.69 Å². The molecule has 0 radical (unpaired) electrons. The van der Waals surface area contributed by atoms with Gasteiger partial charge in [-0.25, -0.2) is 4.79 Å². The number of nitrogens with zero attached hydrogens (tertiary/aromatic N) is 1. The van der Waals surface area contributed by atoms with Gasteiger partial charge in [0.15, 0.2) is 5.75 Å². The van der Waals surface area contributed by atoms with E-state index in [2.05, 4.69) is 10.1 Å². The van der Waals surface area contributed by atoms with Crippen LogP contribution in [0.25, 0.3) is 0 Å². The summed E-state index contributed by atoms with van der Waals surface area (Å²) in [5.41, 5.74) is -0.238. The number of carbonyl (C=O) groups excluding carboxylic acids is 2. The van der Waals surface area contributed by atoms with E-state index in [1.807, 2.05) is 0 Å². The van der Waals surface area contributed by atoms with Gasteiger partial charge in [-0.15, -0.1) is 0 Å². The molecule has 8 heteroatoms. The van der Waals surface area contributed by atoms with Crippen LogP contribution < -0.4 is 10.1 Å². The summed E-state index contributed by atoms with van der Waals surface area (Å²) in [5.74, 6) is -1.08. The molecule has 0 saturated heterocycles. The van der Waals surface area contributed by atoms with E-state index in [-0.39, 0.29) is 23.6 Å². The lowest BCUT2D eigenvalue weighted by Crippen LogP contribution is -2.41. The molecule has 120 valence electrons. The molecule has 1 atom stereocenters. The number of ether oxygens (including phenoxy) is 2. The fraction of sp³-hybridized carbons (Fsp3) is 0.429. The lowest BCUT2D eigenvalue weighted by Gasteiger charge is -2.14. The molecule has 0 aromatic heterocycles. The number of hydrogen-bond acceptors (Lipinski definition) is 6. The Hall–Kier alpha value is -2.64. The predicted octanol–water partition coefficient (Wildman–Crippen LogP) is 1.67. The molecule has 1 rings (SSSR count). The normalized spacial score (nSPS) is 11.4. The monoisotopic (exact) mass is 310 g/mol. The molecule has 0 saturated carbocycles. The number of benzene rings is 1. The number of carbonyl (C=O) groups is 2. The first-order valence-corrected chi connectivity index (χ1v) is 6.74. The van der Waals surface area contributed by atoms with Gasteiger partial charge in [-0.1, -0.05) is 6.92 Å². The molecule has 8 nitrogen and oxygen atoms in total. The van der Waals surface area contributed by atoms with E-state index in [0.29, 0.717) is 6.42 Å². The standard InChI is InChI=1S/C14H18N2O6/c1-4-10(14(18)21-3)15-13(17)9-6-7-12(22-5-2)11(8-9)16(19)20/h6-8,10H,4-5H2,1-3H3,(H,15,17). The Bertz CT molecular complexity index is 572. The van der Waals surface area contributed by atoms with E-state index in [1.165, 1.54) is 19.2 Å². The number of nitro benzene ring substituents is 1. The third-order valence-electron chi connectivity index (χ3n) is 2.92. The zero-order chi connectivity index (χ0) is 16.7. The molecule has 1 aromatic rings. The third kappa shape index (κ3) is 4.18. The summed E-state index contributed by atoms with van der Waals surface area (Å²) in [7, 11) is 1.22. The van der Waals surface area contributed by atoms with Gasteiger partial charge in [-0.05, 0) is 25.5 Å². The maximum atomic E-state index is 12.1. The largest absolute Gasteiger partial charge is 0.487 e. The minimum absolute atomic E-state index is 0.0671. The number of amides is 1. The van der Waals surface area contributed by atoms with Gasteiger partial charge in [0.1, 0.15) is 6.04 Å². The molecule has 1 amide bonds. The minimum Gasteiger partial charge on any atom is -0.487 e. The molecular formula is C14H18N2O6. The highest BCUT2D eigenvalue weighted by molar-refractivity contribution is 5.97. The van der Waals surface area contributed by atoms with Crippen LogP contribution in [0.1, 0.15) is 30.6 Å². The SMILES string of the molecule is CCOc1ccc(C(=O)NC(CC)C(=O)OC)cc1[N+](=O)[O-]. The van der Waals surface area contributed by atoms with Gasteiger partial charge in [0.2, 0.25) is 0 Å². The maximum Gasteiger partial charge on any atom is 0.328 e. The second kappa shape index (κ2) is 7.96. The fourth-order valence-corrected chi connectivity index (χ4v) is 1.79. The molecule has 22 heavy (non-hydrogen) atoms. The number of methoxy groups -OCH3 is 1. The molecule has 0 spiro atoms. The lowest BCUT2D eigenvalue weighted by atomic mass is 10.1. The van der Waals surface area contributed by atoms with Crippen molar-refractivity contribution in [2.24, 2.45) is 0 Å². The smallest absolute Gasteiger partial charge is 0.328 e. The van der Waals surface area contributed by atoms with Gasteiger partial charge >= 0.3 is 11.7 Å². The van der Waals surface area contributed by atoms with E-state index in [9.17, 15) is 19.7 Å². The Morgan fingerprint density at radius 2 is 2.05 bits per heavy atom. The molecule has 0 aliphatic carbocycles. The van der Waals surface area contributed by atoms with Crippen molar-refractivity contribution in [3.8, 4) is 5.75 Å². The summed E-state index contributed by atoms with van der Waals surface area (Å²) >= 11 is 0. The van der Waals surface area contributed by atoms with E-state index in [4.69, 9.17) is 4.74 Å². The second-order valence-corrected chi connectivity index (χ2v) is 4.33. The molecule has 1 N–H and O–H groups in total. The summed E-state index contributed by atoms with van der Waals surface area (Å²) in [5, 5.41) is 13.5. The molecule has 1 unspecified atom stereocenters. The minimum atomic E-state index is -0.803. The topological polar surface area (TPSA) is 108 Å². The predicted molar refractivity (Wildman–Crippen MR) is 77.8 cm³/mol. The zero-order valence-electron chi connectivity index (χ0n) is 12.6. The van der Waals surface area contributed by atoms with Crippen molar-refractivity contribution in [2.45, 2.75) is 26.3 Å². The van der Waals surface area contributed by atoms with E-state index in [0.717, 1.165) is 6.07 Å². The van der Waals surface area contributed by atoms with E-state index < -0.39 is 22.8 Å². The van der Waals surface area contributed by atoms with Gasteiger partial charge in [0.25, 0.3) is 5.91 Å². The Kier molecular flexibility index (Phi) is 6.30. The first-order chi connectivity index (χ1) is 10.4. The van der Waals surface area contributed by atoms with Gasteiger partial charge in [0, 0.05) is 11.6 Å². The molecule has 0 fully saturated rings. The van der Waals surface area contributed by atoms with Crippen LogP contribution in [-0.4, -0.2) is 36.6 Å². The number of rotatable bonds is 7. The number of esters is 1. The van der Waals surface area contributed by atoms with Crippen molar-refractivity contribution in [1.82, 2.24) is 5.32 Å². The second-order valence-electron chi connectivity index (χ2n) is 4.33. The van der Waals surface area contributed by atoms with Gasteiger partial charge in [-0.3, -0.25) is 14.9 Å². The third-order valence-corrected chi connectivity index (χ3v) is 2.92. The van der Waals surface area contributed by atoms with Crippen LogP contribution in [-0.2, 0) is 9.53 Å². The Morgan fingerprint density at radius 1 is 1.36 bits per heavy atom. The molecule has 0 heterocycles. The number of nitrogens with one attached hydrogen (secondary N) is 1. The summed E-state index contributed by atoms with van der Waals surface area (Å²) in [6.07, 6.45) is 0.345. The number of hydrogen-bond donors (Lipinski definition) is 1. The summed E-state index contributed by atoms with van der Waals surface area (Å²) in [6.45, 7) is 3.68. The van der Waals surface area contributed by atoms with Crippen LogP contribution >= 0.6 is 0 Å². The van der Waals surface area contributed by atoms with Crippen molar-refractivity contribution >= 4 is 17.6 Å². The first kappa shape index (κ1) is 17.4. The van der Waals surface area contributed by atoms with Crippen molar-refractivity contribution in [3.63, 3.8) is 0 Å². The van der Waals surface area contributed by atoms with Gasteiger partial charge in [0.05, 0.1) is 18.6 Å². The fourth-order valence-electron chi connectivity index (χ4n) is 1.79. The molecule has 0 aliphatic rings. The van der Waals surface area contributed by atoms with E-state index >= 15 is 0 Å². The highest BCUT2D eigenvalue weighted by atomic mass is 16.6. The Labute approximate surface area is 127 Å². The van der Waals surface area contributed by atoms with E-state index in [1.54, 1.807) is 13.8 Å². The van der Waals surface area contributed by atoms with Crippen LogP contribution in [0.5, 0.6) is 5.75 Å². The quantitative estimate of drug-likeness (QED) is 0.466. The summed E-state index contributed by atoms with van der Waals surface area (Å²) < 4.78 is 9.71. The van der Waals surface area contributed by atoms with Crippen molar-refractivity contribution in [3.05, 3.63) is 33.9 Å². The van der Waals surface area contributed by atoms with Crippen LogP contribution in [0.15, 0.2) is 18.2 Å². The van der Waals surface area contributed by atoms with Crippen molar-refractivity contribution in [1.29, 1.82) is 0 Å². The van der Waals surface area contributed by atoms with Crippen LogP contribution in [0.2, 0.25) is 0 Å². The van der Waals surface area contributed by atoms with Crippen LogP contribution in [0.3, 0.4) is 0 Å². The Morgan fingerprint density at radius 3 is 2.55 bits per heavy atom. The molecule has 0 bridgehead atoms. The number of nitro groups is 1. The molecular weight excluding hydrogens is 292 g/mol. The average molecular weight is 310 g/mol. The zero-order valence-corrected chi connectivity index (χ0v) is 12.6. The van der Waals surface area contributed by atoms with Crippen molar-refractivity contribution in [2.75, 3.05) is 13.7 Å². The average Bonchev–Trinajstić information content (AvgIpc) is 2.51. The summed E-state index contributed by atoms with van der Waals surface area (Å²) in [6, 6.07) is 3.07. The van der Waals surface area contributed by atoms with Gasteiger partial charge in [-0.2, -0.15) is 0 Å². The highest BCUT2D eigenvalue weighted by Crippen LogP contribution is 2.28.